The molecule has 2 fully saturated rings. The van der Waals surface area contributed by atoms with Gasteiger partial charge in [0, 0.05) is 18.6 Å². The number of nitrogens with one attached hydrogen (secondary N) is 2. The molecule has 82 valence electrons. The third kappa shape index (κ3) is 2.27. The van der Waals surface area contributed by atoms with Gasteiger partial charge in [0.1, 0.15) is 0 Å². The Hall–Kier alpha value is -0.120. The third-order valence-corrected chi connectivity index (χ3v) is 3.85. The molecule has 0 saturated carbocycles. The standard InChI is InChI=1S/C11H23N3/c1-8-6-9(2-5-14-8)10-3-4-13-7-11(10)12/h8-11,13-14H,2-7,12H2,1H3. The average Bonchev–Trinajstić information content (AvgIpc) is 2.18. The van der Waals surface area contributed by atoms with Crippen molar-refractivity contribution >= 4 is 0 Å². The average molecular weight is 197 g/mol. The summed E-state index contributed by atoms with van der Waals surface area (Å²) in [5, 5.41) is 6.88. The Morgan fingerprint density at radius 3 is 2.79 bits per heavy atom. The molecule has 0 aromatic rings. The molecular weight excluding hydrogens is 174 g/mol. The lowest BCUT2D eigenvalue weighted by atomic mass is 9.75. The van der Waals surface area contributed by atoms with Crippen LogP contribution in [0, 0.1) is 11.8 Å². The third-order valence-electron chi connectivity index (χ3n) is 3.85. The van der Waals surface area contributed by atoms with E-state index < -0.39 is 0 Å². The molecule has 3 heteroatoms. The van der Waals surface area contributed by atoms with Gasteiger partial charge in [0.05, 0.1) is 0 Å². The molecule has 2 aliphatic heterocycles. The van der Waals surface area contributed by atoms with E-state index in [1.807, 2.05) is 0 Å². The quantitative estimate of drug-likeness (QED) is 0.567. The first-order valence-corrected chi connectivity index (χ1v) is 5.97. The molecule has 0 radical (unpaired) electrons. The lowest BCUT2D eigenvalue weighted by Gasteiger charge is -2.39. The second-order valence-corrected chi connectivity index (χ2v) is 4.96. The molecule has 2 heterocycles. The highest BCUT2D eigenvalue weighted by Gasteiger charge is 2.31. The predicted molar refractivity (Wildman–Crippen MR) is 59.1 cm³/mol. The summed E-state index contributed by atoms with van der Waals surface area (Å²) in [7, 11) is 0. The van der Waals surface area contributed by atoms with Gasteiger partial charge in [-0.25, -0.2) is 0 Å². The van der Waals surface area contributed by atoms with E-state index in [0.29, 0.717) is 12.1 Å². The van der Waals surface area contributed by atoms with E-state index in [4.69, 9.17) is 5.73 Å². The maximum Gasteiger partial charge on any atom is 0.0197 e. The van der Waals surface area contributed by atoms with Gasteiger partial charge in [-0.2, -0.15) is 0 Å². The topological polar surface area (TPSA) is 50.1 Å². The normalized spacial score (nSPS) is 45.0. The van der Waals surface area contributed by atoms with Gasteiger partial charge in [0.15, 0.2) is 0 Å². The molecule has 4 atom stereocenters. The fourth-order valence-corrected chi connectivity index (χ4v) is 3.05. The first kappa shape index (κ1) is 10.4. The second kappa shape index (κ2) is 4.60. The van der Waals surface area contributed by atoms with Crippen molar-refractivity contribution in [3.05, 3.63) is 0 Å². The summed E-state index contributed by atoms with van der Waals surface area (Å²) in [6.45, 7) is 5.65. The van der Waals surface area contributed by atoms with E-state index in [2.05, 4.69) is 17.6 Å². The Kier molecular flexibility index (Phi) is 3.42. The minimum absolute atomic E-state index is 0.388. The molecule has 0 aliphatic carbocycles. The van der Waals surface area contributed by atoms with Gasteiger partial charge < -0.3 is 16.4 Å². The van der Waals surface area contributed by atoms with Crippen molar-refractivity contribution in [3.63, 3.8) is 0 Å². The van der Waals surface area contributed by atoms with Gasteiger partial charge in [-0.15, -0.1) is 0 Å². The highest BCUT2D eigenvalue weighted by molar-refractivity contribution is 4.89. The number of hydrogen-bond donors (Lipinski definition) is 3. The van der Waals surface area contributed by atoms with Crippen molar-refractivity contribution in [2.45, 2.75) is 38.3 Å². The summed E-state index contributed by atoms with van der Waals surface area (Å²) in [5.41, 5.74) is 6.17. The van der Waals surface area contributed by atoms with Crippen LogP contribution in [0.4, 0.5) is 0 Å². The van der Waals surface area contributed by atoms with Gasteiger partial charge >= 0.3 is 0 Å². The highest BCUT2D eigenvalue weighted by Crippen LogP contribution is 2.29. The summed E-state index contributed by atoms with van der Waals surface area (Å²) in [6.07, 6.45) is 3.92. The largest absolute Gasteiger partial charge is 0.326 e. The van der Waals surface area contributed by atoms with Crippen LogP contribution in [0.5, 0.6) is 0 Å². The summed E-state index contributed by atoms with van der Waals surface area (Å²) >= 11 is 0. The van der Waals surface area contributed by atoms with Gasteiger partial charge in [0.2, 0.25) is 0 Å². The summed E-state index contributed by atoms with van der Waals surface area (Å²) in [6, 6.07) is 1.08. The van der Waals surface area contributed by atoms with Crippen LogP contribution >= 0.6 is 0 Å². The van der Waals surface area contributed by atoms with Crippen molar-refractivity contribution in [2.75, 3.05) is 19.6 Å². The number of hydrogen-bond acceptors (Lipinski definition) is 3. The Morgan fingerprint density at radius 1 is 1.21 bits per heavy atom. The molecular formula is C11H23N3. The fraction of sp³-hybridized carbons (Fsp3) is 1.00. The fourth-order valence-electron chi connectivity index (χ4n) is 3.05. The van der Waals surface area contributed by atoms with E-state index in [9.17, 15) is 0 Å². The summed E-state index contributed by atoms with van der Waals surface area (Å²) < 4.78 is 0. The zero-order chi connectivity index (χ0) is 9.97. The molecule has 0 amide bonds. The molecule has 0 aromatic heterocycles. The predicted octanol–water partition coefficient (Wildman–Crippen LogP) is 0.311. The van der Waals surface area contributed by atoms with E-state index in [1.54, 1.807) is 0 Å². The smallest absolute Gasteiger partial charge is 0.0197 e. The molecule has 4 unspecified atom stereocenters. The van der Waals surface area contributed by atoms with Crippen molar-refractivity contribution in [1.82, 2.24) is 10.6 Å². The lowest BCUT2D eigenvalue weighted by Crippen LogP contribution is -2.51. The monoisotopic (exact) mass is 197 g/mol. The Labute approximate surface area is 86.8 Å². The van der Waals surface area contributed by atoms with Crippen LogP contribution in [0.3, 0.4) is 0 Å². The summed E-state index contributed by atoms with van der Waals surface area (Å²) in [5.74, 6) is 1.63. The maximum absolute atomic E-state index is 6.17. The number of rotatable bonds is 1. The van der Waals surface area contributed by atoms with Crippen LogP contribution in [0.25, 0.3) is 0 Å². The zero-order valence-electron chi connectivity index (χ0n) is 9.13. The van der Waals surface area contributed by atoms with Crippen LogP contribution in [0.2, 0.25) is 0 Å². The minimum Gasteiger partial charge on any atom is -0.326 e. The first-order chi connectivity index (χ1) is 6.77. The lowest BCUT2D eigenvalue weighted by molar-refractivity contribution is 0.169. The molecule has 3 nitrogen and oxygen atoms in total. The van der Waals surface area contributed by atoms with E-state index in [-0.39, 0.29) is 0 Å². The molecule has 14 heavy (non-hydrogen) atoms. The van der Waals surface area contributed by atoms with Crippen LogP contribution in [0.15, 0.2) is 0 Å². The first-order valence-electron chi connectivity index (χ1n) is 5.97. The molecule has 0 spiro atoms. The molecule has 4 N–H and O–H groups in total. The Balaban J connectivity index is 1.91. The highest BCUT2D eigenvalue weighted by atomic mass is 14.9. The van der Waals surface area contributed by atoms with E-state index in [1.165, 1.54) is 25.8 Å². The molecule has 2 saturated heterocycles. The van der Waals surface area contributed by atoms with Gasteiger partial charge in [0.25, 0.3) is 0 Å². The van der Waals surface area contributed by atoms with Gasteiger partial charge in [-0.3, -0.25) is 0 Å². The summed E-state index contributed by atoms with van der Waals surface area (Å²) in [4.78, 5) is 0. The van der Waals surface area contributed by atoms with Crippen LogP contribution < -0.4 is 16.4 Å². The van der Waals surface area contributed by atoms with Gasteiger partial charge in [-0.05, 0) is 51.1 Å². The second-order valence-electron chi connectivity index (χ2n) is 4.96. The number of nitrogens with two attached hydrogens (primary N) is 1. The Bertz CT molecular complexity index is 183. The van der Waals surface area contributed by atoms with Crippen LogP contribution in [-0.2, 0) is 0 Å². The molecule has 2 aliphatic rings. The van der Waals surface area contributed by atoms with Crippen molar-refractivity contribution in [1.29, 1.82) is 0 Å². The minimum atomic E-state index is 0.388. The van der Waals surface area contributed by atoms with Crippen molar-refractivity contribution in [3.8, 4) is 0 Å². The molecule has 2 rings (SSSR count). The molecule has 0 bridgehead atoms. The van der Waals surface area contributed by atoms with Crippen molar-refractivity contribution < 1.29 is 0 Å². The molecule has 0 aromatic carbocycles. The van der Waals surface area contributed by atoms with Crippen LogP contribution in [0.1, 0.15) is 26.2 Å². The SMILES string of the molecule is CC1CC(C2CCNCC2N)CCN1. The van der Waals surface area contributed by atoms with E-state index >= 15 is 0 Å². The number of piperidine rings is 2. The zero-order valence-corrected chi connectivity index (χ0v) is 9.13. The van der Waals surface area contributed by atoms with E-state index in [0.717, 1.165) is 24.9 Å². The van der Waals surface area contributed by atoms with Crippen molar-refractivity contribution in [2.24, 2.45) is 17.6 Å². The maximum atomic E-state index is 6.17. The van der Waals surface area contributed by atoms with Crippen LogP contribution in [-0.4, -0.2) is 31.7 Å². The van der Waals surface area contributed by atoms with Gasteiger partial charge in [-0.1, -0.05) is 0 Å². The Morgan fingerprint density at radius 2 is 2.07 bits per heavy atom.